The molecule has 5 rings (SSSR count). The monoisotopic (exact) mass is 688 g/mol. The van der Waals surface area contributed by atoms with Crippen LogP contribution in [-0.2, 0) is 31.1 Å². The second-order valence-corrected chi connectivity index (χ2v) is 12.7. The van der Waals surface area contributed by atoms with Gasteiger partial charge in [-0.2, -0.15) is 0 Å². The topological polar surface area (TPSA) is 271 Å². The molecule has 0 aliphatic carbocycles. The van der Waals surface area contributed by atoms with E-state index in [1.54, 1.807) is 23.9 Å². The summed E-state index contributed by atoms with van der Waals surface area (Å²) in [6.45, 7) is 0. The van der Waals surface area contributed by atoms with Crippen LogP contribution in [0, 0.1) is 0 Å². The highest BCUT2D eigenvalue weighted by atomic mass is 32.2. The van der Waals surface area contributed by atoms with Crippen LogP contribution < -0.4 is 26.5 Å². The molecule has 3 aromatic rings. The van der Waals surface area contributed by atoms with E-state index in [1.807, 2.05) is 0 Å². The molecule has 0 radical (unpaired) electrons. The van der Waals surface area contributed by atoms with Crippen molar-refractivity contribution in [3.63, 3.8) is 0 Å². The van der Waals surface area contributed by atoms with E-state index in [-0.39, 0.29) is 39.4 Å². The van der Waals surface area contributed by atoms with Gasteiger partial charge in [-0.25, -0.2) is 14.3 Å². The highest BCUT2D eigenvalue weighted by molar-refractivity contribution is 8.01. The summed E-state index contributed by atoms with van der Waals surface area (Å²) in [4.78, 5) is 65.2. The zero-order chi connectivity index (χ0) is 33.3. The predicted molar refractivity (Wildman–Crippen MR) is 162 cm³/mol. The third-order valence-electron chi connectivity index (χ3n) is 6.65. The Morgan fingerprint density at radius 3 is 2.67 bits per heavy atom. The minimum atomic E-state index is -1.82. The predicted octanol–water partition coefficient (Wildman–Crippen LogP) is -1.32. The number of aryl methyl sites for hydroxylation is 1. The van der Waals surface area contributed by atoms with Gasteiger partial charge in [0.15, 0.2) is 22.3 Å². The third-order valence-corrected chi connectivity index (χ3v) is 9.80. The molecule has 46 heavy (non-hydrogen) atoms. The van der Waals surface area contributed by atoms with Crippen molar-refractivity contribution >= 4 is 75.3 Å². The number of fused-ring (bicyclic) bond motifs is 1. The largest absolute Gasteiger partial charge is 0.543 e. The molecule has 4 heterocycles. The maximum Gasteiger partial charge on any atom is 0.361 e. The molecule has 2 amide bonds. The number of thiazole rings is 1. The molecule has 0 saturated carbocycles. The quantitative estimate of drug-likeness (QED) is 0.0259. The Morgan fingerprint density at radius 2 is 2.02 bits per heavy atom. The Balaban J connectivity index is 1.35. The molecular formula is C26H24N8O9S3. The number of carbonyl (C=O) groups excluding carboxylic acids is 3. The first-order valence-corrected chi connectivity index (χ1v) is 15.9. The number of carboxylic acids is 2. The van der Waals surface area contributed by atoms with E-state index < -0.39 is 58.5 Å². The number of oxime groups is 1. The number of thioether (sulfide) groups is 2. The smallest absolute Gasteiger partial charge is 0.361 e. The van der Waals surface area contributed by atoms with Crippen molar-refractivity contribution in [2.45, 2.75) is 22.7 Å². The van der Waals surface area contributed by atoms with Crippen molar-refractivity contribution in [1.29, 1.82) is 0 Å². The lowest BCUT2D eigenvalue weighted by molar-refractivity contribution is -0.713. The number of hydrogen-bond donors (Lipinski definition) is 6. The zero-order valence-electron chi connectivity index (χ0n) is 23.5. The fourth-order valence-electron chi connectivity index (χ4n) is 4.42. The number of rotatable bonds is 11. The van der Waals surface area contributed by atoms with Gasteiger partial charge in [-0.05, 0) is 34.5 Å². The number of amides is 2. The van der Waals surface area contributed by atoms with Crippen LogP contribution in [0.15, 0.2) is 57.4 Å². The van der Waals surface area contributed by atoms with Crippen LogP contribution in [0.5, 0.6) is 11.5 Å². The molecular weight excluding hydrogens is 665 g/mol. The maximum atomic E-state index is 13.4. The highest BCUT2D eigenvalue weighted by Gasteiger charge is 2.53. The number of carbonyl (C=O) groups is 4. The van der Waals surface area contributed by atoms with Crippen molar-refractivity contribution in [1.82, 2.24) is 20.2 Å². The normalized spacial score (nSPS) is 18.4. The Kier molecular flexibility index (Phi) is 9.21. The molecule has 3 atom stereocenters. The summed E-state index contributed by atoms with van der Waals surface area (Å²) in [5.41, 5.74) is 10.9. The van der Waals surface area contributed by atoms with Crippen LogP contribution in [0.3, 0.4) is 0 Å². The molecule has 0 spiro atoms. The summed E-state index contributed by atoms with van der Waals surface area (Å²) in [5.74, 6) is -5.24. The molecule has 17 nitrogen and oxygen atoms in total. The van der Waals surface area contributed by atoms with Gasteiger partial charge in [0.05, 0.1) is 24.9 Å². The van der Waals surface area contributed by atoms with Crippen LogP contribution >= 0.6 is 34.9 Å². The van der Waals surface area contributed by atoms with Gasteiger partial charge in [0.1, 0.15) is 17.1 Å². The number of nitrogens with one attached hydrogen (secondary N) is 1. The van der Waals surface area contributed by atoms with Gasteiger partial charge in [-0.15, -0.1) is 23.1 Å². The minimum absolute atomic E-state index is 0.0543. The molecule has 0 bridgehead atoms. The van der Waals surface area contributed by atoms with Gasteiger partial charge in [0.2, 0.25) is 11.9 Å². The SMILES string of the molecule is C[n+]1ccc(N)nc1SCC1=C(C(=O)[O-])N2C(=O)C(NC(=O)/C(=N\OC(C(=O)O)c3ccc(O)c(O)c3)c3csc(N)n3)[C@H]2SC1. The fraction of sp³-hybridized carbons (Fsp3) is 0.231. The molecule has 1 aromatic carbocycles. The Hall–Kier alpha value is -5.08. The summed E-state index contributed by atoms with van der Waals surface area (Å²) in [5, 5.41) is 48.6. The van der Waals surface area contributed by atoms with Crippen LogP contribution in [0.25, 0.3) is 0 Å². The van der Waals surface area contributed by atoms with Crippen LogP contribution in [0.2, 0.25) is 0 Å². The molecule has 1 fully saturated rings. The number of phenolic OH excluding ortho intramolecular Hbond substituents is 2. The summed E-state index contributed by atoms with van der Waals surface area (Å²) in [7, 11) is 1.75. The Labute approximate surface area is 271 Å². The number of benzene rings is 1. The molecule has 2 aliphatic heterocycles. The lowest BCUT2D eigenvalue weighted by Crippen LogP contribution is -2.71. The number of hydrogen-bond acceptors (Lipinski definition) is 16. The van der Waals surface area contributed by atoms with Gasteiger partial charge >= 0.3 is 11.1 Å². The summed E-state index contributed by atoms with van der Waals surface area (Å²) in [6.07, 6.45) is -0.115. The summed E-state index contributed by atoms with van der Waals surface area (Å²) >= 11 is 3.41. The van der Waals surface area contributed by atoms with E-state index in [9.17, 15) is 39.6 Å². The van der Waals surface area contributed by atoms with E-state index in [0.29, 0.717) is 10.7 Å². The van der Waals surface area contributed by atoms with Crippen molar-refractivity contribution in [3.8, 4) is 11.5 Å². The number of aromatic hydroxyl groups is 2. The van der Waals surface area contributed by atoms with Crippen LogP contribution in [0.4, 0.5) is 10.9 Å². The number of anilines is 2. The number of phenols is 2. The fourth-order valence-corrected chi connectivity index (χ4v) is 7.41. The Bertz CT molecular complexity index is 1810. The van der Waals surface area contributed by atoms with Crippen molar-refractivity contribution < 1.29 is 49.0 Å². The maximum absolute atomic E-state index is 13.4. The number of carboxylic acid groups (broad SMARTS) is 2. The lowest BCUT2D eigenvalue weighted by atomic mass is 10.0. The second kappa shape index (κ2) is 13.1. The van der Waals surface area contributed by atoms with Crippen LogP contribution in [0.1, 0.15) is 17.4 Å². The third kappa shape index (κ3) is 6.48. The first-order chi connectivity index (χ1) is 21.8. The van der Waals surface area contributed by atoms with Crippen molar-refractivity contribution in [2.24, 2.45) is 12.2 Å². The Morgan fingerprint density at radius 1 is 1.26 bits per heavy atom. The number of aliphatic carboxylic acids is 2. The number of β-lactam (4-membered cyclic amide) rings is 1. The average molecular weight is 689 g/mol. The zero-order valence-corrected chi connectivity index (χ0v) is 26.0. The van der Waals surface area contributed by atoms with Gasteiger partial charge in [0.25, 0.3) is 11.8 Å². The average Bonchev–Trinajstić information content (AvgIpc) is 3.44. The molecule has 20 heteroatoms. The van der Waals surface area contributed by atoms with E-state index >= 15 is 0 Å². The number of nitrogens with zero attached hydrogens (tertiary/aromatic N) is 5. The number of aromatic nitrogens is 3. The van der Waals surface area contributed by atoms with Crippen LogP contribution in [-0.4, -0.2) is 82.6 Å². The molecule has 8 N–H and O–H groups in total. The number of nitrogens with two attached hydrogens (primary N) is 2. The standard InChI is InChI=1S/C26H24N8O9S3/c1-33-5-4-15(27)30-26(33)46-8-11-7-44-22-17(21(38)34(22)18(11)23(39)40)31-20(37)16(12-9-45-25(28)29-12)32-43-19(24(41)42)10-2-3-13(35)14(36)6-10/h2-6,9,17,19,22,27H,7-8H2,1H3,(H7,28,29,31,32,35,36,37,39,40,41,42)/t17?,19?,22-/m1/s1. The summed E-state index contributed by atoms with van der Waals surface area (Å²) in [6, 6.07) is 3.60. The van der Waals surface area contributed by atoms with E-state index in [1.165, 1.54) is 35.0 Å². The summed E-state index contributed by atoms with van der Waals surface area (Å²) < 4.78 is 1.71. The van der Waals surface area contributed by atoms with Crippen molar-refractivity contribution in [2.75, 3.05) is 23.0 Å². The lowest BCUT2D eigenvalue weighted by Gasteiger charge is -2.50. The minimum Gasteiger partial charge on any atom is -0.543 e. The molecule has 2 aromatic heterocycles. The first-order valence-electron chi connectivity index (χ1n) is 13.0. The van der Waals surface area contributed by atoms with Gasteiger partial charge in [0, 0.05) is 28.5 Å². The van der Waals surface area contributed by atoms with Crippen molar-refractivity contribution in [3.05, 3.63) is 58.4 Å². The molecule has 2 unspecified atom stereocenters. The molecule has 1 saturated heterocycles. The highest BCUT2D eigenvalue weighted by Crippen LogP contribution is 2.41. The second-order valence-electron chi connectivity index (χ2n) is 9.72. The first kappa shape index (κ1) is 32.3. The van der Waals surface area contributed by atoms with Gasteiger partial charge in [-0.3, -0.25) is 14.5 Å². The molecule has 240 valence electrons. The molecule has 2 aliphatic rings. The van der Waals surface area contributed by atoms with E-state index in [4.69, 9.17) is 16.3 Å². The van der Waals surface area contributed by atoms with Gasteiger partial charge in [-0.1, -0.05) is 11.2 Å². The number of nitrogen functional groups attached to an aromatic ring is 2. The van der Waals surface area contributed by atoms with Gasteiger partial charge < -0.3 is 46.8 Å². The van der Waals surface area contributed by atoms with E-state index in [0.717, 1.165) is 28.4 Å². The van der Waals surface area contributed by atoms with E-state index in [2.05, 4.69) is 20.4 Å².